The molecule has 0 aliphatic heterocycles. The molecule has 5 nitrogen and oxygen atoms in total. The molecular weight excluding hydrogens is 333 g/mol. The van der Waals surface area contributed by atoms with Crippen molar-refractivity contribution in [3.05, 3.63) is 56.8 Å². The zero-order chi connectivity index (χ0) is 14.7. The Kier molecular flexibility index (Phi) is 4.19. The van der Waals surface area contributed by atoms with Crippen molar-refractivity contribution in [2.24, 2.45) is 0 Å². The molecule has 0 bridgehead atoms. The third kappa shape index (κ3) is 3.24. The Hall–Kier alpha value is -2.15. The third-order valence-corrected chi connectivity index (χ3v) is 2.89. The smallest absolute Gasteiger partial charge is 0.311 e. The maximum Gasteiger partial charge on any atom is 0.311 e. The molecule has 0 N–H and O–H groups in total. The van der Waals surface area contributed by atoms with Crippen LogP contribution in [0.1, 0.15) is 0 Å². The SMILES string of the molecule is COc1ccc([N+](=O)[O-])c(Oc2cc(F)cc(Br)c2)c1. The summed E-state index contributed by atoms with van der Waals surface area (Å²) in [5.41, 5.74) is -0.230. The highest BCUT2D eigenvalue weighted by Gasteiger charge is 2.17. The fourth-order valence-corrected chi connectivity index (χ4v) is 2.01. The van der Waals surface area contributed by atoms with E-state index in [1.165, 1.54) is 37.4 Å². The molecule has 0 radical (unpaired) electrons. The molecule has 104 valence electrons. The molecule has 0 fully saturated rings. The molecule has 0 saturated carbocycles. The second-order valence-electron chi connectivity index (χ2n) is 3.80. The number of benzene rings is 2. The van der Waals surface area contributed by atoms with E-state index < -0.39 is 10.7 Å². The quantitative estimate of drug-likeness (QED) is 0.614. The van der Waals surface area contributed by atoms with E-state index in [4.69, 9.17) is 9.47 Å². The largest absolute Gasteiger partial charge is 0.497 e. The highest BCUT2D eigenvalue weighted by atomic mass is 79.9. The minimum atomic E-state index is -0.580. The number of hydrogen-bond acceptors (Lipinski definition) is 4. The van der Waals surface area contributed by atoms with Crippen LogP contribution in [0.4, 0.5) is 10.1 Å². The van der Waals surface area contributed by atoms with Crippen molar-refractivity contribution in [3.8, 4) is 17.2 Å². The second kappa shape index (κ2) is 5.87. The van der Waals surface area contributed by atoms with Gasteiger partial charge in [0.1, 0.15) is 17.3 Å². The molecule has 2 rings (SSSR count). The first-order chi connectivity index (χ1) is 9.49. The molecule has 0 aromatic heterocycles. The Bertz CT molecular complexity index is 643. The number of halogens is 2. The number of methoxy groups -OCH3 is 1. The summed E-state index contributed by atoms with van der Waals surface area (Å²) >= 11 is 3.12. The molecular formula is C13H9BrFNO4. The molecule has 0 amide bonds. The van der Waals surface area contributed by atoms with Crippen molar-refractivity contribution in [2.75, 3.05) is 7.11 Å². The summed E-state index contributed by atoms with van der Waals surface area (Å²) in [5, 5.41) is 10.9. The van der Waals surface area contributed by atoms with Crippen LogP contribution in [0.3, 0.4) is 0 Å². The summed E-state index contributed by atoms with van der Waals surface area (Å²) in [4.78, 5) is 10.4. The van der Waals surface area contributed by atoms with Crippen LogP contribution in [0.2, 0.25) is 0 Å². The van der Waals surface area contributed by atoms with Gasteiger partial charge in [0.2, 0.25) is 5.75 Å². The van der Waals surface area contributed by atoms with Crippen LogP contribution in [0, 0.1) is 15.9 Å². The lowest BCUT2D eigenvalue weighted by Gasteiger charge is -2.08. The third-order valence-electron chi connectivity index (χ3n) is 2.43. The second-order valence-corrected chi connectivity index (χ2v) is 4.71. The van der Waals surface area contributed by atoms with E-state index >= 15 is 0 Å². The molecule has 0 spiro atoms. The van der Waals surface area contributed by atoms with E-state index in [-0.39, 0.29) is 17.2 Å². The van der Waals surface area contributed by atoms with Crippen LogP contribution >= 0.6 is 15.9 Å². The number of nitro groups is 1. The minimum Gasteiger partial charge on any atom is -0.497 e. The topological polar surface area (TPSA) is 61.6 Å². The van der Waals surface area contributed by atoms with Crippen molar-refractivity contribution in [1.82, 2.24) is 0 Å². The first-order valence-corrected chi connectivity index (χ1v) is 6.25. The molecule has 0 saturated heterocycles. The normalized spacial score (nSPS) is 10.2. The zero-order valence-electron chi connectivity index (χ0n) is 10.3. The number of nitro benzene ring substituents is 1. The predicted octanol–water partition coefficient (Wildman–Crippen LogP) is 4.30. The van der Waals surface area contributed by atoms with E-state index in [0.29, 0.717) is 10.2 Å². The molecule has 0 aliphatic carbocycles. The van der Waals surface area contributed by atoms with Crippen LogP contribution in [0.15, 0.2) is 40.9 Å². The standard InChI is InChI=1S/C13H9BrFNO4/c1-19-10-2-3-12(16(17)18)13(7-10)20-11-5-8(14)4-9(15)6-11/h2-7H,1H3. The van der Waals surface area contributed by atoms with Gasteiger partial charge in [-0.3, -0.25) is 10.1 Å². The Labute approximate surface area is 122 Å². The van der Waals surface area contributed by atoms with Crippen molar-refractivity contribution in [3.63, 3.8) is 0 Å². The number of nitrogens with zero attached hydrogens (tertiary/aromatic N) is 1. The van der Waals surface area contributed by atoms with Gasteiger partial charge in [-0.2, -0.15) is 0 Å². The summed E-state index contributed by atoms with van der Waals surface area (Å²) in [6, 6.07) is 7.99. The Balaban J connectivity index is 2.42. The minimum absolute atomic E-state index is 0.0214. The highest BCUT2D eigenvalue weighted by molar-refractivity contribution is 9.10. The van der Waals surface area contributed by atoms with Gasteiger partial charge < -0.3 is 9.47 Å². The molecule has 0 heterocycles. The van der Waals surface area contributed by atoms with Crippen LogP contribution < -0.4 is 9.47 Å². The van der Waals surface area contributed by atoms with E-state index in [2.05, 4.69) is 15.9 Å². The molecule has 2 aromatic rings. The number of rotatable bonds is 4. The van der Waals surface area contributed by atoms with E-state index in [1.54, 1.807) is 0 Å². The first kappa shape index (κ1) is 14.3. The molecule has 20 heavy (non-hydrogen) atoms. The van der Waals surface area contributed by atoms with Crippen LogP contribution in [0.5, 0.6) is 17.2 Å². The summed E-state index contributed by atoms with van der Waals surface area (Å²) in [6.07, 6.45) is 0. The van der Waals surface area contributed by atoms with Gasteiger partial charge >= 0.3 is 5.69 Å². The van der Waals surface area contributed by atoms with Gasteiger partial charge in [0, 0.05) is 22.7 Å². The van der Waals surface area contributed by atoms with Gasteiger partial charge in [0.05, 0.1) is 12.0 Å². The van der Waals surface area contributed by atoms with Crippen molar-refractivity contribution < 1.29 is 18.8 Å². The molecule has 7 heteroatoms. The molecule has 2 aromatic carbocycles. The van der Waals surface area contributed by atoms with Crippen LogP contribution in [0.25, 0.3) is 0 Å². The van der Waals surface area contributed by atoms with Gasteiger partial charge in [-0.05, 0) is 18.2 Å². The van der Waals surface area contributed by atoms with Crippen molar-refractivity contribution >= 4 is 21.6 Å². The Morgan fingerprint density at radius 3 is 2.55 bits per heavy atom. The maximum absolute atomic E-state index is 13.3. The maximum atomic E-state index is 13.3. The lowest BCUT2D eigenvalue weighted by atomic mass is 10.2. The van der Waals surface area contributed by atoms with Gasteiger partial charge in [-0.1, -0.05) is 15.9 Å². The molecule has 0 aliphatic rings. The Morgan fingerprint density at radius 2 is 1.95 bits per heavy atom. The van der Waals surface area contributed by atoms with E-state index in [9.17, 15) is 14.5 Å². The lowest BCUT2D eigenvalue weighted by molar-refractivity contribution is -0.385. The van der Waals surface area contributed by atoms with Crippen molar-refractivity contribution in [1.29, 1.82) is 0 Å². The number of hydrogen-bond donors (Lipinski definition) is 0. The fourth-order valence-electron chi connectivity index (χ4n) is 1.57. The summed E-state index contributed by atoms with van der Waals surface area (Å²) in [5.74, 6) is 0.0149. The summed E-state index contributed by atoms with van der Waals surface area (Å²) in [7, 11) is 1.43. The van der Waals surface area contributed by atoms with Crippen molar-refractivity contribution in [2.45, 2.75) is 0 Å². The fraction of sp³-hybridized carbons (Fsp3) is 0.0769. The molecule has 0 unspecified atom stereocenters. The lowest BCUT2D eigenvalue weighted by Crippen LogP contribution is -1.95. The Morgan fingerprint density at radius 1 is 1.20 bits per heavy atom. The van der Waals surface area contributed by atoms with E-state index in [1.807, 2.05) is 0 Å². The van der Waals surface area contributed by atoms with Gasteiger partial charge in [-0.25, -0.2) is 4.39 Å². The highest BCUT2D eigenvalue weighted by Crippen LogP contribution is 2.35. The summed E-state index contributed by atoms with van der Waals surface area (Å²) < 4.78 is 24.1. The average Bonchev–Trinajstić information content (AvgIpc) is 2.37. The van der Waals surface area contributed by atoms with Crippen LogP contribution in [-0.2, 0) is 0 Å². The number of ether oxygens (including phenoxy) is 2. The predicted molar refractivity (Wildman–Crippen MR) is 73.8 cm³/mol. The first-order valence-electron chi connectivity index (χ1n) is 5.46. The van der Waals surface area contributed by atoms with Gasteiger partial charge in [0.25, 0.3) is 0 Å². The average molecular weight is 342 g/mol. The zero-order valence-corrected chi connectivity index (χ0v) is 11.9. The summed E-state index contributed by atoms with van der Waals surface area (Å²) in [6.45, 7) is 0. The van der Waals surface area contributed by atoms with Gasteiger partial charge in [-0.15, -0.1) is 0 Å². The van der Waals surface area contributed by atoms with Gasteiger partial charge in [0.15, 0.2) is 0 Å². The molecule has 0 atom stereocenters. The monoisotopic (exact) mass is 341 g/mol. The van der Waals surface area contributed by atoms with E-state index in [0.717, 1.165) is 6.07 Å². The van der Waals surface area contributed by atoms with Crippen LogP contribution in [-0.4, -0.2) is 12.0 Å².